The molecular formula is C12H9S4+. The Morgan fingerprint density at radius 3 is 2.88 bits per heavy atom. The van der Waals surface area contributed by atoms with Crippen LogP contribution in [0, 0.1) is 6.92 Å². The smallest absolute Gasteiger partial charge is 0.0616 e. The number of benzene rings is 1. The second-order valence-electron chi connectivity index (χ2n) is 3.50. The van der Waals surface area contributed by atoms with Crippen LogP contribution >= 0.6 is 42.3 Å². The Hall–Kier alpha value is -0.290. The van der Waals surface area contributed by atoms with Crippen LogP contribution in [0.3, 0.4) is 0 Å². The summed E-state index contributed by atoms with van der Waals surface area (Å²) in [5, 5.41) is 0. The van der Waals surface area contributed by atoms with Crippen LogP contribution in [0.25, 0.3) is 11.0 Å². The second-order valence-corrected chi connectivity index (χ2v) is 8.16. The van der Waals surface area contributed by atoms with Crippen molar-refractivity contribution < 1.29 is 0 Å². The molecule has 80 valence electrons. The van der Waals surface area contributed by atoms with Crippen molar-refractivity contribution >= 4 is 53.2 Å². The minimum atomic E-state index is 1.36. The fraction of sp³-hybridized carbons (Fsp3) is 0.0833. The number of hydrogen-bond acceptors (Lipinski definition) is 3. The minimum Gasteiger partial charge on any atom is -0.0616 e. The van der Waals surface area contributed by atoms with Crippen LogP contribution < -0.4 is 0 Å². The van der Waals surface area contributed by atoms with E-state index in [4.69, 9.17) is 0 Å². The third kappa shape index (κ3) is 2.07. The Morgan fingerprint density at radius 2 is 2.06 bits per heavy atom. The summed E-state index contributed by atoms with van der Waals surface area (Å²) in [7, 11) is 7.43. The molecule has 0 radical (unpaired) electrons. The topological polar surface area (TPSA) is 0 Å². The van der Waals surface area contributed by atoms with Crippen molar-refractivity contribution in [3.8, 4) is 0 Å². The van der Waals surface area contributed by atoms with Gasteiger partial charge in [0.25, 0.3) is 10.3 Å². The zero-order chi connectivity index (χ0) is 11.0. The molecule has 4 heteroatoms. The maximum absolute atomic E-state index is 2.30. The van der Waals surface area contributed by atoms with E-state index in [1.807, 2.05) is 42.3 Å². The van der Waals surface area contributed by atoms with Gasteiger partial charge in [0.15, 0.2) is 10.3 Å². The largest absolute Gasteiger partial charge is 0.300 e. The highest BCUT2D eigenvalue weighted by Crippen LogP contribution is 2.53. The molecule has 1 aromatic carbocycles. The molecule has 16 heavy (non-hydrogen) atoms. The van der Waals surface area contributed by atoms with Crippen LogP contribution in [0.5, 0.6) is 0 Å². The predicted octanol–water partition coefficient (Wildman–Crippen LogP) is 5.65. The average Bonchev–Trinajstić information content (AvgIpc) is 2.87. The molecule has 2 heterocycles. The van der Waals surface area contributed by atoms with Crippen molar-refractivity contribution in [1.82, 2.24) is 0 Å². The Morgan fingerprint density at radius 1 is 1.19 bits per heavy atom. The molecular weight excluding hydrogens is 272 g/mol. The zero-order valence-electron chi connectivity index (χ0n) is 8.60. The van der Waals surface area contributed by atoms with Gasteiger partial charge < -0.3 is 0 Å². The fourth-order valence-electron chi connectivity index (χ4n) is 1.54. The third-order valence-corrected chi connectivity index (χ3v) is 7.23. The molecule has 1 aliphatic heterocycles. The lowest BCUT2D eigenvalue weighted by molar-refractivity contribution is 1.44. The van der Waals surface area contributed by atoms with Gasteiger partial charge >= 0.3 is 0 Å². The third-order valence-electron chi connectivity index (χ3n) is 2.26. The summed E-state index contributed by atoms with van der Waals surface area (Å²) in [6.45, 7) is 2.16. The van der Waals surface area contributed by atoms with Gasteiger partial charge in [-0.2, -0.15) is 0 Å². The van der Waals surface area contributed by atoms with Gasteiger partial charge in [0, 0.05) is 27.5 Å². The van der Waals surface area contributed by atoms with Crippen molar-refractivity contribution in [1.29, 1.82) is 0 Å². The van der Waals surface area contributed by atoms with Crippen LogP contribution in [-0.4, -0.2) is 0 Å². The molecule has 0 aliphatic carbocycles. The summed E-state index contributed by atoms with van der Waals surface area (Å²) in [5.74, 6) is 0. The average molecular weight is 281 g/mol. The van der Waals surface area contributed by atoms with E-state index in [1.54, 1.807) is 0 Å². The van der Waals surface area contributed by atoms with Crippen LogP contribution in [0.15, 0.2) is 35.2 Å². The van der Waals surface area contributed by atoms with E-state index in [0.29, 0.717) is 0 Å². The van der Waals surface area contributed by atoms with E-state index in [-0.39, 0.29) is 0 Å². The summed E-state index contributed by atoms with van der Waals surface area (Å²) in [6.07, 6.45) is 2.30. The van der Waals surface area contributed by atoms with Gasteiger partial charge in [-0.05, 0) is 13.0 Å². The van der Waals surface area contributed by atoms with Crippen molar-refractivity contribution in [2.45, 2.75) is 11.8 Å². The number of rotatable bonds is 1. The monoisotopic (exact) mass is 281 g/mol. The first-order valence-electron chi connectivity index (χ1n) is 4.88. The highest BCUT2D eigenvalue weighted by Gasteiger charge is 2.19. The first kappa shape index (κ1) is 10.8. The standard InChI is InChI=1S/C12H9S4/c1-8-6-9(14-13-8)7-12-10-4-2-3-5-11(10)15-16-12/h2-7H,1H3/q+1. The van der Waals surface area contributed by atoms with E-state index in [1.165, 1.54) is 25.1 Å². The molecule has 2 aromatic rings. The summed E-state index contributed by atoms with van der Waals surface area (Å²) < 4.78 is 0. The molecule has 0 atom stereocenters. The summed E-state index contributed by atoms with van der Waals surface area (Å²) in [6, 6.07) is 10.9. The van der Waals surface area contributed by atoms with Crippen LogP contribution in [0.1, 0.15) is 15.3 Å². The molecule has 0 unspecified atom stereocenters. The lowest BCUT2D eigenvalue weighted by atomic mass is 10.2. The van der Waals surface area contributed by atoms with Gasteiger partial charge in [-0.3, -0.25) is 0 Å². The highest BCUT2D eigenvalue weighted by molar-refractivity contribution is 8.80. The molecule has 0 bridgehead atoms. The van der Waals surface area contributed by atoms with Gasteiger partial charge in [-0.1, -0.05) is 39.8 Å². The molecule has 0 N–H and O–H groups in total. The van der Waals surface area contributed by atoms with Crippen molar-refractivity contribution in [2.75, 3.05) is 0 Å². The molecule has 0 nitrogen and oxygen atoms in total. The molecule has 3 rings (SSSR count). The van der Waals surface area contributed by atoms with Gasteiger partial charge in [-0.15, -0.1) is 0 Å². The van der Waals surface area contributed by atoms with Crippen LogP contribution in [-0.2, 0) is 0 Å². The van der Waals surface area contributed by atoms with Crippen molar-refractivity contribution in [3.63, 3.8) is 0 Å². The fourth-order valence-corrected chi connectivity index (χ4v) is 6.07. The van der Waals surface area contributed by atoms with Crippen LogP contribution in [0.2, 0.25) is 0 Å². The van der Waals surface area contributed by atoms with E-state index < -0.39 is 0 Å². The van der Waals surface area contributed by atoms with Gasteiger partial charge in [-0.25, -0.2) is 0 Å². The number of aryl methyl sites for hydroxylation is 1. The molecule has 1 aliphatic rings. The van der Waals surface area contributed by atoms with Gasteiger partial charge in [0.2, 0.25) is 4.88 Å². The number of hydrogen-bond donors (Lipinski definition) is 0. The Balaban J connectivity index is 2.01. The summed E-state index contributed by atoms with van der Waals surface area (Å²) >= 11 is 0. The SMILES string of the molecule is Cc1cc(/C=C2\SSc3ccccc32)[s+]s1. The molecule has 1 aromatic heterocycles. The van der Waals surface area contributed by atoms with Crippen LogP contribution in [0.4, 0.5) is 0 Å². The zero-order valence-corrected chi connectivity index (χ0v) is 11.9. The molecule has 0 saturated carbocycles. The van der Waals surface area contributed by atoms with E-state index >= 15 is 0 Å². The first-order chi connectivity index (χ1) is 7.83. The lowest BCUT2D eigenvalue weighted by Crippen LogP contribution is -1.75. The Labute approximate surface area is 110 Å². The lowest BCUT2D eigenvalue weighted by Gasteiger charge is -1.94. The first-order valence-corrected chi connectivity index (χ1v) is 9.18. The summed E-state index contributed by atoms with van der Waals surface area (Å²) in [5.41, 5.74) is 1.38. The molecule has 0 spiro atoms. The molecule has 0 fully saturated rings. The maximum atomic E-state index is 2.30. The Kier molecular flexibility index (Phi) is 3.07. The Bertz CT molecular complexity index is 554. The van der Waals surface area contributed by atoms with E-state index in [0.717, 1.165) is 0 Å². The van der Waals surface area contributed by atoms with Crippen molar-refractivity contribution in [2.24, 2.45) is 0 Å². The quantitative estimate of drug-likeness (QED) is 0.489. The minimum absolute atomic E-state index is 1.36. The maximum Gasteiger partial charge on any atom is 0.300 e. The molecule has 0 amide bonds. The van der Waals surface area contributed by atoms with E-state index in [9.17, 15) is 0 Å². The van der Waals surface area contributed by atoms with E-state index in [2.05, 4.69) is 43.3 Å². The number of fused-ring (bicyclic) bond motifs is 1. The molecule has 0 saturated heterocycles. The second kappa shape index (κ2) is 4.53. The van der Waals surface area contributed by atoms with Crippen molar-refractivity contribution in [3.05, 3.63) is 45.6 Å². The van der Waals surface area contributed by atoms with Gasteiger partial charge in [0.05, 0.1) is 4.88 Å². The highest BCUT2D eigenvalue weighted by atomic mass is 33.1. The normalized spacial score (nSPS) is 16.7. The summed E-state index contributed by atoms with van der Waals surface area (Å²) in [4.78, 5) is 5.52. The predicted molar refractivity (Wildman–Crippen MR) is 79.1 cm³/mol. The van der Waals surface area contributed by atoms with Gasteiger partial charge in [0.1, 0.15) is 0 Å².